The van der Waals surface area contributed by atoms with Crippen molar-refractivity contribution in [3.05, 3.63) is 41.9 Å². The lowest BCUT2D eigenvalue weighted by Gasteiger charge is -2.40. The van der Waals surface area contributed by atoms with E-state index in [1.54, 1.807) is 6.33 Å². The van der Waals surface area contributed by atoms with E-state index in [0.29, 0.717) is 28.7 Å². The number of benzene rings is 1. The Balaban J connectivity index is 1.32. The van der Waals surface area contributed by atoms with Gasteiger partial charge in [0.05, 0.1) is 11.4 Å². The number of nitrogens with two attached hydrogens (primary N) is 1. The van der Waals surface area contributed by atoms with Crippen LogP contribution in [0.4, 0.5) is 11.5 Å². The summed E-state index contributed by atoms with van der Waals surface area (Å²) in [6.45, 7) is 8.58. The van der Waals surface area contributed by atoms with E-state index in [2.05, 4.69) is 33.6 Å². The first-order chi connectivity index (χ1) is 14.9. The topological polar surface area (TPSA) is 91.4 Å². The Morgan fingerprint density at radius 2 is 2.03 bits per heavy atom. The Kier molecular flexibility index (Phi) is 5.08. The van der Waals surface area contributed by atoms with Gasteiger partial charge in [-0.1, -0.05) is 0 Å². The fraction of sp³-hybridized carbons (Fsp3) is 0.542. The van der Waals surface area contributed by atoms with Crippen LogP contribution < -0.4 is 15.4 Å². The van der Waals surface area contributed by atoms with E-state index in [1.807, 2.05) is 24.3 Å². The summed E-state index contributed by atoms with van der Waals surface area (Å²) < 4.78 is 6.07. The highest BCUT2D eigenvalue weighted by atomic mass is 16.5. The molecule has 1 aromatic carbocycles. The summed E-state index contributed by atoms with van der Waals surface area (Å²) in [5, 5.41) is 8.77. The molecule has 1 atom stereocenters. The van der Waals surface area contributed by atoms with Gasteiger partial charge >= 0.3 is 0 Å². The number of hydrogen-bond acceptors (Lipinski definition) is 7. The molecular formula is C24H32N6O. The molecule has 1 aromatic heterocycles. The van der Waals surface area contributed by atoms with Crippen LogP contribution in [0.25, 0.3) is 0 Å². The van der Waals surface area contributed by atoms with Crippen LogP contribution in [0.2, 0.25) is 0 Å². The molecule has 2 saturated carbocycles. The molecule has 164 valence electrons. The molecule has 1 aliphatic heterocycles. The third-order valence-corrected chi connectivity index (χ3v) is 6.80. The first-order valence-electron chi connectivity index (χ1n) is 11.4. The Hall–Kier alpha value is -2.67. The quantitative estimate of drug-likeness (QED) is 0.527. The van der Waals surface area contributed by atoms with Crippen molar-refractivity contribution < 1.29 is 4.74 Å². The molecule has 3 fully saturated rings. The van der Waals surface area contributed by atoms with Crippen LogP contribution in [0.1, 0.15) is 50.8 Å². The monoisotopic (exact) mass is 420 g/mol. The van der Waals surface area contributed by atoms with Crippen LogP contribution >= 0.6 is 0 Å². The SMILES string of the molecule is CC1CN(c2cc(C(=N)c3cc(OC4(C)CC4)ccc3N)ncn2)CCN1CC1CC1. The van der Waals surface area contributed by atoms with E-state index >= 15 is 0 Å². The summed E-state index contributed by atoms with van der Waals surface area (Å²) in [7, 11) is 0. The zero-order chi connectivity index (χ0) is 21.6. The highest BCUT2D eigenvalue weighted by molar-refractivity contribution is 6.13. The Morgan fingerprint density at radius 3 is 2.74 bits per heavy atom. The number of aromatic nitrogens is 2. The van der Waals surface area contributed by atoms with Gasteiger partial charge in [-0.15, -0.1) is 0 Å². The molecule has 1 unspecified atom stereocenters. The minimum absolute atomic E-state index is 0.0734. The summed E-state index contributed by atoms with van der Waals surface area (Å²) >= 11 is 0. The lowest BCUT2D eigenvalue weighted by molar-refractivity contribution is 0.181. The third-order valence-electron chi connectivity index (χ3n) is 6.80. The Morgan fingerprint density at radius 1 is 1.23 bits per heavy atom. The molecule has 5 rings (SSSR count). The fourth-order valence-electron chi connectivity index (χ4n) is 4.28. The average Bonchev–Trinajstić information content (AvgIpc) is 3.70. The highest BCUT2D eigenvalue weighted by Gasteiger charge is 2.40. The predicted octanol–water partition coefficient (Wildman–Crippen LogP) is 3.33. The molecule has 2 aromatic rings. The zero-order valence-corrected chi connectivity index (χ0v) is 18.5. The van der Waals surface area contributed by atoms with Crippen molar-refractivity contribution in [1.82, 2.24) is 14.9 Å². The van der Waals surface area contributed by atoms with E-state index in [4.69, 9.17) is 15.9 Å². The Labute approximate surface area is 184 Å². The average molecular weight is 421 g/mol. The minimum Gasteiger partial charge on any atom is -0.488 e. The Bertz CT molecular complexity index is 984. The molecule has 2 heterocycles. The molecule has 7 heteroatoms. The number of piperazine rings is 1. The lowest BCUT2D eigenvalue weighted by Crippen LogP contribution is -2.52. The summed E-state index contributed by atoms with van der Waals surface area (Å²) in [5.74, 6) is 2.54. The second-order valence-electron chi connectivity index (χ2n) is 9.67. The number of ether oxygens (including phenoxy) is 1. The van der Waals surface area contributed by atoms with Gasteiger partial charge in [0, 0.05) is 49.5 Å². The van der Waals surface area contributed by atoms with E-state index in [-0.39, 0.29) is 5.60 Å². The summed E-state index contributed by atoms with van der Waals surface area (Å²) in [5.41, 5.74) is 8.22. The summed E-state index contributed by atoms with van der Waals surface area (Å²) in [4.78, 5) is 13.8. The van der Waals surface area contributed by atoms with Gasteiger partial charge in [0.1, 0.15) is 23.5 Å². The number of nitrogens with zero attached hydrogens (tertiary/aromatic N) is 4. The normalized spacial score (nSPS) is 22.9. The van der Waals surface area contributed by atoms with Crippen LogP contribution in [-0.4, -0.2) is 58.4 Å². The second kappa shape index (κ2) is 7.79. The summed E-state index contributed by atoms with van der Waals surface area (Å²) in [6.07, 6.45) is 6.46. The molecule has 0 spiro atoms. The maximum atomic E-state index is 8.77. The van der Waals surface area contributed by atoms with Gasteiger partial charge in [0.25, 0.3) is 0 Å². The van der Waals surface area contributed by atoms with Crippen LogP contribution in [0.3, 0.4) is 0 Å². The van der Waals surface area contributed by atoms with Crippen LogP contribution in [-0.2, 0) is 0 Å². The largest absolute Gasteiger partial charge is 0.488 e. The number of anilines is 2. The molecule has 0 amide bonds. The molecule has 1 saturated heterocycles. The lowest BCUT2D eigenvalue weighted by atomic mass is 10.0. The van der Waals surface area contributed by atoms with Crippen molar-refractivity contribution in [1.29, 1.82) is 5.41 Å². The molecule has 31 heavy (non-hydrogen) atoms. The number of nitrogens with one attached hydrogen (secondary N) is 1. The maximum absolute atomic E-state index is 8.77. The van der Waals surface area contributed by atoms with Crippen LogP contribution in [0, 0.1) is 11.3 Å². The van der Waals surface area contributed by atoms with E-state index in [9.17, 15) is 0 Å². The van der Waals surface area contributed by atoms with Crippen molar-refractivity contribution in [2.75, 3.05) is 36.8 Å². The van der Waals surface area contributed by atoms with Crippen molar-refractivity contribution in [3.63, 3.8) is 0 Å². The van der Waals surface area contributed by atoms with Gasteiger partial charge in [0.2, 0.25) is 0 Å². The van der Waals surface area contributed by atoms with Crippen LogP contribution in [0.15, 0.2) is 30.6 Å². The second-order valence-corrected chi connectivity index (χ2v) is 9.67. The van der Waals surface area contributed by atoms with Crippen molar-refractivity contribution in [2.24, 2.45) is 5.92 Å². The van der Waals surface area contributed by atoms with Gasteiger partial charge < -0.3 is 15.4 Å². The van der Waals surface area contributed by atoms with Crippen molar-refractivity contribution in [3.8, 4) is 5.75 Å². The van der Waals surface area contributed by atoms with Crippen LogP contribution in [0.5, 0.6) is 5.75 Å². The number of rotatable bonds is 7. The highest BCUT2D eigenvalue weighted by Crippen LogP contribution is 2.40. The zero-order valence-electron chi connectivity index (χ0n) is 18.5. The summed E-state index contributed by atoms with van der Waals surface area (Å²) in [6, 6.07) is 7.97. The molecular weight excluding hydrogens is 388 g/mol. The van der Waals surface area contributed by atoms with Gasteiger partial charge in [-0.05, 0) is 63.6 Å². The molecule has 0 bridgehead atoms. The van der Waals surface area contributed by atoms with E-state index in [1.165, 1.54) is 19.4 Å². The molecule has 2 aliphatic carbocycles. The standard InChI is InChI=1S/C24H32N6O/c1-16-13-30(10-9-29(16)14-17-3-4-17)22-12-21(27-15-28-22)23(26)19-11-18(5-6-20(19)25)31-24(2)7-8-24/h5-6,11-12,15-17,26H,3-4,7-10,13-14,25H2,1-2H3. The molecule has 7 nitrogen and oxygen atoms in total. The molecule has 0 radical (unpaired) electrons. The minimum atomic E-state index is -0.0734. The van der Waals surface area contributed by atoms with Gasteiger partial charge in [0.15, 0.2) is 0 Å². The number of hydrogen-bond donors (Lipinski definition) is 2. The molecule has 3 aliphatic rings. The number of nitrogen functional groups attached to an aromatic ring is 1. The van der Waals surface area contributed by atoms with Gasteiger partial charge in [-0.3, -0.25) is 10.3 Å². The maximum Gasteiger partial charge on any atom is 0.132 e. The first-order valence-corrected chi connectivity index (χ1v) is 11.4. The molecule has 3 N–H and O–H groups in total. The smallest absolute Gasteiger partial charge is 0.132 e. The predicted molar refractivity (Wildman–Crippen MR) is 123 cm³/mol. The van der Waals surface area contributed by atoms with E-state index in [0.717, 1.165) is 50.0 Å². The fourth-order valence-corrected chi connectivity index (χ4v) is 4.28. The third kappa shape index (κ3) is 4.51. The van der Waals surface area contributed by atoms with Crippen molar-refractivity contribution in [2.45, 2.75) is 51.2 Å². The van der Waals surface area contributed by atoms with Crippen molar-refractivity contribution >= 4 is 17.2 Å². The van der Waals surface area contributed by atoms with Gasteiger partial charge in [-0.25, -0.2) is 9.97 Å². The van der Waals surface area contributed by atoms with Gasteiger partial charge in [-0.2, -0.15) is 0 Å². The van der Waals surface area contributed by atoms with E-state index < -0.39 is 0 Å². The first kappa shape index (κ1) is 20.2.